The predicted octanol–water partition coefficient (Wildman–Crippen LogP) is 3.43. The van der Waals surface area contributed by atoms with Gasteiger partial charge in [0.15, 0.2) is 0 Å². The van der Waals surface area contributed by atoms with Crippen LogP contribution in [0.25, 0.3) is 11.1 Å². The smallest absolute Gasteiger partial charge is 0.253 e. The molecule has 0 aromatic heterocycles. The van der Waals surface area contributed by atoms with Crippen LogP contribution < -0.4 is 0 Å². The third-order valence-electron chi connectivity index (χ3n) is 3.72. The third kappa shape index (κ3) is 2.89. The molecule has 108 valence electrons. The average Bonchev–Trinajstić information content (AvgIpc) is 3.00. The van der Waals surface area contributed by atoms with Crippen LogP contribution in [-0.4, -0.2) is 29.0 Å². The minimum absolute atomic E-state index is 0.00924. The van der Waals surface area contributed by atoms with Crippen LogP contribution in [0.15, 0.2) is 42.5 Å². The van der Waals surface area contributed by atoms with Gasteiger partial charge in [-0.05, 0) is 48.2 Å². The fraction of sp³-hybridized carbons (Fsp3) is 0.235. The highest BCUT2D eigenvalue weighted by Gasteiger charge is 2.19. The zero-order valence-corrected chi connectivity index (χ0v) is 11.6. The Balaban J connectivity index is 1.94. The number of likely N-dealkylation sites (tertiary alicyclic amines) is 1. The van der Waals surface area contributed by atoms with Gasteiger partial charge in [-0.2, -0.15) is 0 Å². The number of phenolic OH excluding ortho intramolecular Hbond substituents is 1. The number of phenols is 1. The average molecular weight is 285 g/mol. The number of nitrogens with zero attached hydrogens (tertiary/aromatic N) is 1. The van der Waals surface area contributed by atoms with Gasteiger partial charge in [0.2, 0.25) is 0 Å². The molecule has 1 aliphatic heterocycles. The van der Waals surface area contributed by atoms with Gasteiger partial charge in [-0.25, -0.2) is 4.39 Å². The van der Waals surface area contributed by atoms with Crippen molar-refractivity contribution in [3.05, 3.63) is 53.8 Å². The predicted molar refractivity (Wildman–Crippen MR) is 78.6 cm³/mol. The van der Waals surface area contributed by atoms with E-state index in [1.807, 2.05) is 4.90 Å². The summed E-state index contributed by atoms with van der Waals surface area (Å²) in [7, 11) is 0. The molecule has 0 aliphatic carbocycles. The standard InChI is InChI=1S/C17H16FNO2/c18-15-9-14(10-16(20)11-15)12-4-3-5-13(8-12)17(21)19-6-1-2-7-19/h3-5,8-11,20H,1-2,6-7H2. The van der Waals surface area contributed by atoms with Gasteiger partial charge < -0.3 is 10.0 Å². The second-order valence-corrected chi connectivity index (χ2v) is 5.28. The van der Waals surface area contributed by atoms with Crippen molar-refractivity contribution in [1.82, 2.24) is 4.90 Å². The Labute approximate surface area is 122 Å². The molecule has 0 atom stereocenters. The molecule has 1 aliphatic rings. The second kappa shape index (κ2) is 5.56. The van der Waals surface area contributed by atoms with E-state index >= 15 is 0 Å². The Morgan fingerprint density at radius 3 is 2.52 bits per heavy atom. The summed E-state index contributed by atoms with van der Waals surface area (Å²) in [6.07, 6.45) is 2.09. The molecule has 3 rings (SSSR count). The zero-order valence-electron chi connectivity index (χ0n) is 11.6. The van der Waals surface area contributed by atoms with Crippen molar-refractivity contribution < 1.29 is 14.3 Å². The van der Waals surface area contributed by atoms with Gasteiger partial charge in [-0.1, -0.05) is 12.1 Å². The molecule has 2 aromatic carbocycles. The van der Waals surface area contributed by atoms with Crippen molar-refractivity contribution in [1.29, 1.82) is 0 Å². The molecule has 0 saturated carbocycles. The molecule has 0 bridgehead atoms. The Morgan fingerprint density at radius 1 is 1.05 bits per heavy atom. The monoisotopic (exact) mass is 285 g/mol. The Bertz CT molecular complexity index is 658. The fourth-order valence-electron chi connectivity index (χ4n) is 2.68. The summed E-state index contributed by atoms with van der Waals surface area (Å²) in [5.74, 6) is -0.613. The lowest BCUT2D eigenvalue weighted by Crippen LogP contribution is -2.27. The van der Waals surface area contributed by atoms with Gasteiger partial charge >= 0.3 is 0 Å². The molecule has 1 heterocycles. The number of hydrogen-bond acceptors (Lipinski definition) is 2. The van der Waals surface area contributed by atoms with Crippen LogP contribution in [0.5, 0.6) is 5.75 Å². The minimum Gasteiger partial charge on any atom is -0.508 e. The number of aromatic hydroxyl groups is 1. The van der Waals surface area contributed by atoms with Crippen LogP contribution in [0.1, 0.15) is 23.2 Å². The van der Waals surface area contributed by atoms with Crippen LogP contribution in [0.4, 0.5) is 4.39 Å². The van der Waals surface area contributed by atoms with Gasteiger partial charge in [-0.3, -0.25) is 4.79 Å². The topological polar surface area (TPSA) is 40.5 Å². The molecule has 21 heavy (non-hydrogen) atoms. The maximum absolute atomic E-state index is 13.4. The molecule has 4 heteroatoms. The number of benzene rings is 2. The van der Waals surface area contributed by atoms with Gasteiger partial charge in [0, 0.05) is 24.7 Å². The van der Waals surface area contributed by atoms with Crippen molar-refractivity contribution >= 4 is 5.91 Å². The van der Waals surface area contributed by atoms with E-state index in [1.165, 1.54) is 12.1 Å². The highest BCUT2D eigenvalue weighted by atomic mass is 19.1. The van der Waals surface area contributed by atoms with Crippen LogP contribution in [0.3, 0.4) is 0 Å². The summed E-state index contributed by atoms with van der Waals surface area (Å²) < 4.78 is 13.4. The highest BCUT2D eigenvalue weighted by molar-refractivity contribution is 5.95. The number of halogens is 1. The Kier molecular flexibility index (Phi) is 3.60. The third-order valence-corrected chi connectivity index (χ3v) is 3.72. The fourth-order valence-corrected chi connectivity index (χ4v) is 2.68. The van der Waals surface area contributed by atoms with E-state index in [1.54, 1.807) is 24.3 Å². The van der Waals surface area contributed by atoms with E-state index in [9.17, 15) is 14.3 Å². The van der Waals surface area contributed by atoms with Gasteiger partial charge in [0.25, 0.3) is 5.91 Å². The Hall–Kier alpha value is -2.36. The molecular formula is C17H16FNO2. The summed E-state index contributed by atoms with van der Waals surface area (Å²) in [5.41, 5.74) is 1.87. The number of carbonyl (C=O) groups is 1. The van der Waals surface area contributed by atoms with Crippen molar-refractivity contribution in [3.8, 4) is 16.9 Å². The summed E-state index contributed by atoms with van der Waals surface area (Å²) in [6.45, 7) is 1.59. The van der Waals surface area contributed by atoms with Gasteiger partial charge in [0.1, 0.15) is 11.6 Å². The normalized spacial score (nSPS) is 14.4. The van der Waals surface area contributed by atoms with E-state index in [0.29, 0.717) is 11.1 Å². The number of amides is 1. The molecular weight excluding hydrogens is 269 g/mol. The van der Waals surface area contributed by atoms with Gasteiger partial charge in [0.05, 0.1) is 0 Å². The SMILES string of the molecule is O=C(c1cccc(-c2cc(O)cc(F)c2)c1)N1CCCC1. The lowest BCUT2D eigenvalue weighted by Gasteiger charge is -2.15. The number of hydrogen-bond donors (Lipinski definition) is 1. The first-order valence-electron chi connectivity index (χ1n) is 7.03. The van der Waals surface area contributed by atoms with Crippen LogP contribution in [-0.2, 0) is 0 Å². The zero-order chi connectivity index (χ0) is 14.8. The quantitative estimate of drug-likeness (QED) is 0.918. The van der Waals surface area contributed by atoms with Gasteiger partial charge in [-0.15, -0.1) is 0 Å². The van der Waals surface area contributed by atoms with Crippen LogP contribution in [0.2, 0.25) is 0 Å². The lowest BCUT2D eigenvalue weighted by atomic mass is 10.0. The molecule has 0 spiro atoms. The summed E-state index contributed by atoms with van der Waals surface area (Å²) >= 11 is 0. The van der Waals surface area contributed by atoms with Crippen molar-refractivity contribution in [2.24, 2.45) is 0 Å². The summed E-state index contributed by atoms with van der Waals surface area (Å²) in [6, 6.07) is 11.0. The first-order valence-corrected chi connectivity index (χ1v) is 7.03. The van der Waals surface area contributed by atoms with E-state index in [2.05, 4.69) is 0 Å². The molecule has 1 fully saturated rings. The highest BCUT2D eigenvalue weighted by Crippen LogP contribution is 2.26. The molecule has 2 aromatic rings. The van der Waals surface area contributed by atoms with E-state index in [0.717, 1.165) is 37.6 Å². The second-order valence-electron chi connectivity index (χ2n) is 5.28. The summed E-state index contributed by atoms with van der Waals surface area (Å²) in [4.78, 5) is 14.2. The van der Waals surface area contributed by atoms with Crippen molar-refractivity contribution in [2.75, 3.05) is 13.1 Å². The Morgan fingerprint density at radius 2 is 1.81 bits per heavy atom. The maximum atomic E-state index is 13.4. The first kappa shape index (κ1) is 13.6. The van der Waals surface area contributed by atoms with E-state index in [4.69, 9.17) is 0 Å². The number of carbonyl (C=O) groups excluding carboxylic acids is 1. The molecule has 0 radical (unpaired) electrons. The minimum atomic E-state index is -0.499. The summed E-state index contributed by atoms with van der Waals surface area (Å²) in [5, 5.41) is 9.49. The van der Waals surface area contributed by atoms with E-state index < -0.39 is 5.82 Å². The molecule has 0 unspecified atom stereocenters. The first-order chi connectivity index (χ1) is 10.1. The maximum Gasteiger partial charge on any atom is 0.253 e. The van der Waals surface area contributed by atoms with E-state index in [-0.39, 0.29) is 11.7 Å². The number of rotatable bonds is 2. The molecule has 1 amide bonds. The van der Waals surface area contributed by atoms with Crippen molar-refractivity contribution in [3.63, 3.8) is 0 Å². The van der Waals surface area contributed by atoms with Crippen LogP contribution in [0, 0.1) is 5.82 Å². The van der Waals surface area contributed by atoms with Crippen LogP contribution >= 0.6 is 0 Å². The van der Waals surface area contributed by atoms with Crippen molar-refractivity contribution in [2.45, 2.75) is 12.8 Å². The molecule has 1 N–H and O–H groups in total. The lowest BCUT2D eigenvalue weighted by molar-refractivity contribution is 0.0793. The molecule has 1 saturated heterocycles. The largest absolute Gasteiger partial charge is 0.508 e. The molecule has 3 nitrogen and oxygen atoms in total.